The Kier molecular flexibility index (Phi) is 6.76. The molecule has 9 heteroatoms. The Morgan fingerprint density at radius 2 is 1.90 bits per heavy atom. The highest BCUT2D eigenvalue weighted by molar-refractivity contribution is 5.88. The molecule has 0 radical (unpaired) electrons. The van der Waals surface area contributed by atoms with E-state index in [1.807, 2.05) is 6.92 Å². The number of rotatable bonds is 7. The van der Waals surface area contributed by atoms with Gasteiger partial charge < -0.3 is 11.1 Å². The molecule has 31 heavy (non-hydrogen) atoms. The number of nitrogen functional groups attached to an aromatic ring is 1. The standard InChI is InChI=1S/C22H24N6O3/c1-3-12-27-21(30)19(25-13-18-6-4-5-11-24-18)20(23)28(22(27)31)14-16-7-9-17(10-8-16)26-15(2)29/h4-11,13H,3,12,14,23H2,1-2H3,(H,26,29). The van der Waals surface area contributed by atoms with Crippen molar-refractivity contribution in [1.82, 2.24) is 14.1 Å². The first kappa shape index (κ1) is 21.7. The Morgan fingerprint density at radius 1 is 1.16 bits per heavy atom. The number of aromatic nitrogens is 3. The lowest BCUT2D eigenvalue weighted by atomic mass is 10.2. The molecule has 0 atom stereocenters. The van der Waals surface area contributed by atoms with E-state index < -0.39 is 11.2 Å². The Morgan fingerprint density at radius 3 is 2.52 bits per heavy atom. The molecule has 0 fully saturated rings. The second kappa shape index (κ2) is 9.66. The van der Waals surface area contributed by atoms with E-state index in [1.54, 1.807) is 48.7 Å². The van der Waals surface area contributed by atoms with Crippen LogP contribution in [0.1, 0.15) is 31.5 Å². The maximum absolute atomic E-state index is 13.0. The van der Waals surface area contributed by atoms with Gasteiger partial charge in [0.05, 0.1) is 18.5 Å². The maximum atomic E-state index is 13.0. The van der Waals surface area contributed by atoms with Crippen molar-refractivity contribution in [3.05, 3.63) is 80.8 Å². The lowest BCUT2D eigenvalue weighted by Gasteiger charge is -2.15. The van der Waals surface area contributed by atoms with Gasteiger partial charge in [-0.05, 0) is 36.2 Å². The second-order valence-electron chi connectivity index (χ2n) is 6.95. The maximum Gasteiger partial charge on any atom is 0.332 e. The fraction of sp³-hybridized carbons (Fsp3) is 0.227. The molecule has 9 nitrogen and oxygen atoms in total. The van der Waals surface area contributed by atoms with Gasteiger partial charge in [-0.25, -0.2) is 9.79 Å². The third-order valence-corrected chi connectivity index (χ3v) is 4.52. The summed E-state index contributed by atoms with van der Waals surface area (Å²) in [5.41, 5.74) is 7.18. The molecule has 0 aliphatic carbocycles. The summed E-state index contributed by atoms with van der Waals surface area (Å²) >= 11 is 0. The summed E-state index contributed by atoms with van der Waals surface area (Å²) in [7, 11) is 0. The number of amides is 1. The summed E-state index contributed by atoms with van der Waals surface area (Å²) in [5.74, 6) is -0.185. The number of hydrogen-bond donors (Lipinski definition) is 2. The van der Waals surface area contributed by atoms with Crippen LogP contribution in [0.15, 0.2) is 63.2 Å². The van der Waals surface area contributed by atoms with Crippen LogP contribution >= 0.6 is 0 Å². The normalized spacial score (nSPS) is 11.0. The molecule has 0 aliphatic rings. The van der Waals surface area contributed by atoms with Gasteiger partial charge in [-0.2, -0.15) is 0 Å². The van der Waals surface area contributed by atoms with Gasteiger partial charge in [-0.15, -0.1) is 0 Å². The molecule has 3 N–H and O–H groups in total. The van der Waals surface area contributed by atoms with E-state index in [2.05, 4.69) is 15.3 Å². The zero-order valence-corrected chi connectivity index (χ0v) is 17.4. The van der Waals surface area contributed by atoms with Crippen molar-refractivity contribution >= 4 is 29.3 Å². The predicted molar refractivity (Wildman–Crippen MR) is 121 cm³/mol. The highest BCUT2D eigenvalue weighted by Crippen LogP contribution is 2.17. The fourth-order valence-electron chi connectivity index (χ4n) is 3.06. The van der Waals surface area contributed by atoms with Crippen LogP contribution in [0, 0.1) is 0 Å². The Hall–Kier alpha value is -4.01. The molecule has 0 unspecified atom stereocenters. The smallest absolute Gasteiger partial charge is 0.332 e. The van der Waals surface area contributed by atoms with E-state index in [-0.39, 0.29) is 30.5 Å². The number of carbonyl (C=O) groups excluding carboxylic acids is 1. The molecule has 1 aromatic carbocycles. The molecule has 2 aromatic heterocycles. The molecular weight excluding hydrogens is 396 g/mol. The van der Waals surface area contributed by atoms with E-state index in [1.165, 1.54) is 17.7 Å². The van der Waals surface area contributed by atoms with E-state index in [0.29, 0.717) is 17.8 Å². The first-order valence-electron chi connectivity index (χ1n) is 9.85. The molecular formula is C22H24N6O3. The van der Waals surface area contributed by atoms with Gasteiger partial charge >= 0.3 is 5.69 Å². The number of nitrogens with zero attached hydrogens (tertiary/aromatic N) is 4. The van der Waals surface area contributed by atoms with Gasteiger partial charge in [0.15, 0.2) is 5.69 Å². The summed E-state index contributed by atoms with van der Waals surface area (Å²) in [5, 5.41) is 2.69. The number of anilines is 2. The summed E-state index contributed by atoms with van der Waals surface area (Å²) < 4.78 is 2.47. The molecule has 2 heterocycles. The van der Waals surface area contributed by atoms with Crippen LogP contribution in [0.25, 0.3) is 0 Å². The van der Waals surface area contributed by atoms with Gasteiger partial charge in [0.2, 0.25) is 5.91 Å². The predicted octanol–water partition coefficient (Wildman–Crippen LogP) is 2.15. The van der Waals surface area contributed by atoms with Crippen molar-refractivity contribution in [3.63, 3.8) is 0 Å². The summed E-state index contributed by atoms with van der Waals surface area (Å²) in [6.45, 7) is 3.72. The first-order valence-corrected chi connectivity index (χ1v) is 9.85. The van der Waals surface area contributed by atoms with Crippen molar-refractivity contribution in [3.8, 4) is 0 Å². The fourth-order valence-corrected chi connectivity index (χ4v) is 3.06. The van der Waals surface area contributed by atoms with Crippen LogP contribution in [0.5, 0.6) is 0 Å². The quantitative estimate of drug-likeness (QED) is 0.567. The SMILES string of the molecule is CCCn1c(=O)c(N=Cc2ccccn2)c(N)n(Cc2ccc(NC(C)=O)cc2)c1=O. The van der Waals surface area contributed by atoms with Crippen LogP contribution in [0.4, 0.5) is 17.2 Å². The summed E-state index contributed by atoms with van der Waals surface area (Å²) in [4.78, 5) is 45.4. The van der Waals surface area contributed by atoms with Gasteiger partial charge in [0.1, 0.15) is 5.82 Å². The highest BCUT2D eigenvalue weighted by atomic mass is 16.2. The Bertz CT molecular complexity index is 1210. The van der Waals surface area contributed by atoms with Crippen molar-refractivity contribution in [2.75, 3.05) is 11.1 Å². The second-order valence-corrected chi connectivity index (χ2v) is 6.95. The van der Waals surface area contributed by atoms with Gasteiger partial charge in [0, 0.05) is 25.4 Å². The molecule has 0 aliphatic heterocycles. The third-order valence-electron chi connectivity index (χ3n) is 4.52. The van der Waals surface area contributed by atoms with Crippen LogP contribution in [0.2, 0.25) is 0 Å². The van der Waals surface area contributed by atoms with Crippen LogP contribution in [-0.4, -0.2) is 26.2 Å². The topological polar surface area (TPSA) is 124 Å². The van der Waals surface area contributed by atoms with E-state index in [4.69, 9.17) is 5.73 Å². The van der Waals surface area contributed by atoms with Gasteiger partial charge in [-0.1, -0.05) is 25.1 Å². The average molecular weight is 420 g/mol. The number of pyridine rings is 1. The number of hydrogen-bond acceptors (Lipinski definition) is 6. The molecule has 3 aromatic rings. The first-order chi connectivity index (χ1) is 14.9. The Labute approximate surface area is 178 Å². The molecule has 0 spiro atoms. The zero-order chi connectivity index (χ0) is 22.4. The number of aliphatic imine (C=N–C) groups is 1. The minimum absolute atomic E-state index is 0.00595. The largest absolute Gasteiger partial charge is 0.383 e. The van der Waals surface area contributed by atoms with E-state index >= 15 is 0 Å². The molecule has 0 bridgehead atoms. The van der Waals surface area contributed by atoms with Crippen LogP contribution in [0.3, 0.4) is 0 Å². The number of nitrogens with two attached hydrogens (primary N) is 1. The lowest BCUT2D eigenvalue weighted by molar-refractivity contribution is -0.114. The summed E-state index contributed by atoms with van der Waals surface area (Å²) in [6, 6.07) is 12.4. The van der Waals surface area contributed by atoms with Gasteiger partial charge in [-0.3, -0.25) is 23.7 Å². The van der Waals surface area contributed by atoms with E-state index in [0.717, 1.165) is 10.1 Å². The lowest BCUT2D eigenvalue weighted by Crippen LogP contribution is -2.41. The number of benzene rings is 1. The van der Waals surface area contributed by atoms with Crippen LogP contribution in [-0.2, 0) is 17.9 Å². The average Bonchev–Trinajstić information content (AvgIpc) is 2.76. The monoisotopic (exact) mass is 420 g/mol. The van der Waals surface area contributed by atoms with Crippen molar-refractivity contribution in [1.29, 1.82) is 0 Å². The third kappa shape index (κ3) is 5.13. The highest BCUT2D eigenvalue weighted by Gasteiger charge is 2.16. The zero-order valence-electron chi connectivity index (χ0n) is 17.4. The summed E-state index contributed by atoms with van der Waals surface area (Å²) in [6.07, 6.45) is 3.67. The van der Waals surface area contributed by atoms with Gasteiger partial charge in [0.25, 0.3) is 5.56 Å². The minimum Gasteiger partial charge on any atom is -0.383 e. The van der Waals surface area contributed by atoms with Crippen molar-refractivity contribution in [2.45, 2.75) is 33.4 Å². The molecule has 0 saturated carbocycles. The van der Waals surface area contributed by atoms with Crippen molar-refractivity contribution in [2.24, 2.45) is 4.99 Å². The molecule has 1 amide bonds. The van der Waals surface area contributed by atoms with E-state index in [9.17, 15) is 14.4 Å². The molecule has 160 valence electrons. The number of nitrogens with one attached hydrogen (secondary N) is 1. The molecule has 0 saturated heterocycles. The van der Waals surface area contributed by atoms with Crippen LogP contribution < -0.4 is 22.3 Å². The molecule has 3 rings (SSSR count). The minimum atomic E-state index is -0.534. The number of carbonyl (C=O) groups is 1. The van der Waals surface area contributed by atoms with Crippen molar-refractivity contribution < 1.29 is 4.79 Å². The Balaban J connectivity index is 2.04.